The summed E-state index contributed by atoms with van der Waals surface area (Å²) in [6.45, 7) is 0.431. The lowest BCUT2D eigenvalue weighted by atomic mass is 10.2. The molecule has 170 valence electrons. The Kier molecular flexibility index (Phi) is 6.33. The van der Waals surface area contributed by atoms with Crippen LogP contribution in [-0.4, -0.2) is 69.3 Å². The average molecular weight is 480 g/mol. The summed E-state index contributed by atoms with van der Waals surface area (Å²) < 4.78 is 33.0. The van der Waals surface area contributed by atoms with Gasteiger partial charge in [0.25, 0.3) is 0 Å². The van der Waals surface area contributed by atoms with Crippen molar-refractivity contribution < 1.29 is 23.5 Å². The number of hydrogen-bond acceptors (Lipinski definition) is 10. The van der Waals surface area contributed by atoms with E-state index in [-0.39, 0.29) is 24.2 Å². The van der Waals surface area contributed by atoms with Crippen LogP contribution in [-0.2, 0) is 14.5 Å². The smallest absolute Gasteiger partial charge is 0.239 e. The molecule has 2 N–H and O–H groups in total. The number of nitrogens with one attached hydrogen (secondary N) is 1. The van der Waals surface area contributed by atoms with E-state index in [1.165, 1.54) is 13.4 Å². The first-order valence-electron chi connectivity index (χ1n) is 9.59. The van der Waals surface area contributed by atoms with Crippen molar-refractivity contribution in [1.82, 2.24) is 15.0 Å². The monoisotopic (exact) mass is 479 g/mol. The van der Waals surface area contributed by atoms with E-state index in [1.54, 1.807) is 36.8 Å². The minimum atomic E-state index is -2.36. The number of aromatic nitrogens is 3. The highest BCUT2D eigenvalue weighted by Gasteiger charge is 2.29. The standard InChI is InChI=1S/C20H22ClN5O5S/c1-29-15-7-11(26-32(2,3)28)6-13-18(15)19(23-10-22-13)24-12-4-5-17(21)25-20(12)31-16-9-30-8-14(16)27/h4-7,10,14,16,27H,8-9H2,1-3H3,(H,22,23,24)/t14-,16-/m0/s1. The van der Waals surface area contributed by atoms with Gasteiger partial charge in [0.05, 0.1) is 36.9 Å². The number of fused-ring (bicyclic) bond motifs is 1. The highest BCUT2D eigenvalue weighted by molar-refractivity contribution is 7.92. The van der Waals surface area contributed by atoms with Crippen LogP contribution in [0.4, 0.5) is 17.2 Å². The number of aliphatic hydroxyl groups is 1. The molecule has 0 radical (unpaired) electrons. The number of ether oxygens (including phenoxy) is 3. The van der Waals surface area contributed by atoms with Crippen molar-refractivity contribution in [3.8, 4) is 11.6 Å². The second-order valence-corrected chi connectivity index (χ2v) is 10.3. The maximum absolute atomic E-state index is 12.1. The minimum Gasteiger partial charge on any atom is -0.496 e. The fourth-order valence-electron chi connectivity index (χ4n) is 3.21. The van der Waals surface area contributed by atoms with E-state index in [4.69, 9.17) is 25.8 Å². The second-order valence-electron chi connectivity index (χ2n) is 7.41. The zero-order valence-electron chi connectivity index (χ0n) is 17.6. The van der Waals surface area contributed by atoms with Gasteiger partial charge in [-0.25, -0.2) is 14.2 Å². The van der Waals surface area contributed by atoms with Gasteiger partial charge in [-0.3, -0.25) is 0 Å². The fraction of sp³-hybridized carbons (Fsp3) is 0.350. The van der Waals surface area contributed by atoms with Gasteiger partial charge in [0.15, 0.2) is 6.10 Å². The van der Waals surface area contributed by atoms with Gasteiger partial charge in [-0.15, -0.1) is 0 Å². The molecule has 1 fully saturated rings. The number of aliphatic hydroxyl groups excluding tert-OH is 1. The molecule has 0 spiro atoms. The van der Waals surface area contributed by atoms with E-state index in [2.05, 4.69) is 24.6 Å². The molecular formula is C20H22ClN5O5S. The number of hydrogen-bond donors (Lipinski definition) is 2. The molecule has 0 bridgehead atoms. The van der Waals surface area contributed by atoms with E-state index in [9.17, 15) is 9.32 Å². The molecule has 0 aliphatic carbocycles. The third-order valence-corrected chi connectivity index (χ3v) is 5.44. The Morgan fingerprint density at radius 3 is 2.78 bits per heavy atom. The summed E-state index contributed by atoms with van der Waals surface area (Å²) in [7, 11) is -0.845. The molecule has 1 aliphatic heterocycles. The molecule has 2 aromatic heterocycles. The van der Waals surface area contributed by atoms with E-state index in [0.717, 1.165) is 0 Å². The molecule has 1 aliphatic rings. The topological polar surface area (TPSA) is 128 Å². The lowest BCUT2D eigenvalue weighted by Gasteiger charge is -2.18. The maximum atomic E-state index is 12.1. The highest BCUT2D eigenvalue weighted by atomic mass is 35.5. The van der Waals surface area contributed by atoms with Crippen LogP contribution in [0.2, 0.25) is 5.15 Å². The number of benzene rings is 1. The van der Waals surface area contributed by atoms with Crippen LogP contribution in [0.1, 0.15) is 0 Å². The SMILES string of the molecule is COc1cc(N=S(C)(C)=O)cc2ncnc(Nc3ccc(Cl)nc3O[C@H]3COC[C@@H]3O)c12. The van der Waals surface area contributed by atoms with Gasteiger partial charge in [-0.1, -0.05) is 11.6 Å². The molecule has 4 rings (SSSR count). The lowest BCUT2D eigenvalue weighted by Crippen LogP contribution is -2.30. The summed E-state index contributed by atoms with van der Waals surface area (Å²) >= 11 is 6.06. The first-order valence-corrected chi connectivity index (χ1v) is 12.3. The van der Waals surface area contributed by atoms with E-state index in [1.807, 2.05) is 0 Å². The van der Waals surface area contributed by atoms with Crippen molar-refractivity contribution in [2.45, 2.75) is 12.2 Å². The Morgan fingerprint density at radius 1 is 1.28 bits per heavy atom. The first kappa shape index (κ1) is 22.5. The number of halogens is 1. The number of nitrogens with zero attached hydrogens (tertiary/aromatic N) is 4. The maximum Gasteiger partial charge on any atom is 0.239 e. The quantitative estimate of drug-likeness (QED) is 0.512. The summed E-state index contributed by atoms with van der Waals surface area (Å²) in [5.74, 6) is 1.09. The zero-order chi connectivity index (χ0) is 22.9. The largest absolute Gasteiger partial charge is 0.496 e. The minimum absolute atomic E-state index is 0.191. The number of pyridine rings is 1. The van der Waals surface area contributed by atoms with Crippen LogP contribution in [0.25, 0.3) is 10.9 Å². The molecule has 0 unspecified atom stereocenters. The normalized spacial score (nSPS) is 18.5. The second kappa shape index (κ2) is 9.02. The Balaban J connectivity index is 1.76. The van der Waals surface area contributed by atoms with Crippen molar-refractivity contribution in [1.29, 1.82) is 0 Å². The predicted molar refractivity (Wildman–Crippen MR) is 122 cm³/mol. The van der Waals surface area contributed by atoms with E-state index < -0.39 is 21.9 Å². The van der Waals surface area contributed by atoms with Crippen molar-refractivity contribution >= 4 is 49.4 Å². The van der Waals surface area contributed by atoms with Gasteiger partial charge in [0.2, 0.25) is 5.88 Å². The van der Waals surface area contributed by atoms with E-state index in [0.29, 0.717) is 33.8 Å². The Hall–Kier alpha value is -2.73. The van der Waals surface area contributed by atoms with Crippen molar-refractivity contribution in [3.63, 3.8) is 0 Å². The fourth-order valence-corrected chi connectivity index (χ4v) is 3.96. The summed E-state index contributed by atoms with van der Waals surface area (Å²) in [6.07, 6.45) is 3.16. The van der Waals surface area contributed by atoms with Crippen LogP contribution in [0, 0.1) is 0 Å². The van der Waals surface area contributed by atoms with Crippen molar-refractivity contribution in [3.05, 3.63) is 35.7 Å². The zero-order valence-corrected chi connectivity index (χ0v) is 19.2. The molecule has 2 atom stereocenters. The third kappa shape index (κ3) is 5.01. The van der Waals surface area contributed by atoms with Gasteiger partial charge in [-0.05, 0) is 18.2 Å². The first-order chi connectivity index (χ1) is 15.2. The molecule has 1 saturated heterocycles. The molecule has 10 nitrogen and oxygen atoms in total. The molecule has 1 aromatic carbocycles. The Morgan fingerprint density at radius 2 is 2.09 bits per heavy atom. The average Bonchev–Trinajstić information content (AvgIpc) is 3.12. The Bertz CT molecular complexity index is 1270. The third-order valence-electron chi connectivity index (χ3n) is 4.57. The van der Waals surface area contributed by atoms with E-state index >= 15 is 0 Å². The molecule has 32 heavy (non-hydrogen) atoms. The van der Waals surface area contributed by atoms with Crippen LogP contribution < -0.4 is 14.8 Å². The van der Waals surface area contributed by atoms with Crippen molar-refractivity contribution in [2.24, 2.45) is 4.36 Å². The van der Waals surface area contributed by atoms with Gasteiger partial charge in [0, 0.05) is 28.3 Å². The molecule has 3 heterocycles. The van der Waals surface area contributed by atoms with Crippen LogP contribution in [0.3, 0.4) is 0 Å². The highest BCUT2D eigenvalue weighted by Crippen LogP contribution is 2.37. The van der Waals surface area contributed by atoms with Gasteiger partial charge < -0.3 is 24.6 Å². The predicted octanol–water partition coefficient (Wildman–Crippen LogP) is 2.93. The molecular weight excluding hydrogens is 458 g/mol. The number of anilines is 2. The molecule has 0 saturated carbocycles. The van der Waals surface area contributed by atoms with Crippen molar-refractivity contribution in [2.75, 3.05) is 38.2 Å². The van der Waals surface area contributed by atoms with Crippen LogP contribution in [0.5, 0.6) is 11.6 Å². The number of rotatable bonds is 6. The summed E-state index contributed by atoms with van der Waals surface area (Å²) in [5, 5.41) is 14.0. The summed E-state index contributed by atoms with van der Waals surface area (Å²) in [5.41, 5.74) is 1.52. The Labute approximate surface area is 190 Å². The summed E-state index contributed by atoms with van der Waals surface area (Å²) in [6, 6.07) is 6.68. The van der Waals surface area contributed by atoms with Crippen LogP contribution >= 0.6 is 11.6 Å². The van der Waals surface area contributed by atoms with Gasteiger partial charge >= 0.3 is 0 Å². The molecule has 12 heteroatoms. The lowest BCUT2D eigenvalue weighted by molar-refractivity contribution is 0.0709. The molecule has 0 amide bonds. The number of methoxy groups -OCH3 is 1. The van der Waals surface area contributed by atoms with Crippen LogP contribution in [0.15, 0.2) is 35.0 Å². The summed E-state index contributed by atoms with van der Waals surface area (Å²) in [4.78, 5) is 12.9. The van der Waals surface area contributed by atoms with Gasteiger partial charge in [-0.2, -0.15) is 9.35 Å². The molecule has 3 aromatic rings. The van der Waals surface area contributed by atoms with Gasteiger partial charge in [0.1, 0.15) is 34.8 Å².